The molecule has 3 aliphatic rings. The van der Waals surface area contributed by atoms with Gasteiger partial charge in [0.2, 0.25) is 0 Å². The maximum atomic E-state index is 5.91. The molecule has 5 nitrogen and oxygen atoms in total. The molecule has 96 valence electrons. The summed E-state index contributed by atoms with van der Waals surface area (Å²) in [4.78, 5) is 0. The van der Waals surface area contributed by atoms with Crippen LogP contribution in [-0.2, 0) is 23.7 Å². The summed E-state index contributed by atoms with van der Waals surface area (Å²) in [5, 5.41) is 0. The van der Waals surface area contributed by atoms with E-state index in [1.165, 1.54) is 0 Å². The lowest BCUT2D eigenvalue weighted by atomic mass is 9.99. The Morgan fingerprint density at radius 3 is 2.41 bits per heavy atom. The highest BCUT2D eigenvalue weighted by molar-refractivity contribution is 5.01. The summed E-state index contributed by atoms with van der Waals surface area (Å²) in [5.74, 6) is -1.18. The second kappa shape index (κ2) is 3.59. The summed E-state index contributed by atoms with van der Waals surface area (Å²) < 4.78 is 28.7. The van der Waals surface area contributed by atoms with Crippen molar-refractivity contribution in [3.05, 3.63) is 6.61 Å². The van der Waals surface area contributed by atoms with E-state index in [1.54, 1.807) is 6.61 Å². The average molecular weight is 243 g/mol. The average Bonchev–Trinajstić information content (AvgIpc) is 2.51. The quantitative estimate of drug-likeness (QED) is 0.599. The summed E-state index contributed by atoms with van der Waals surface area (Å²) in [6.45, 7) is 9.82. The van der Waals surface area contributed by atoms with Crippen LogP contribution in [0.1, 0.15) is 27.7 Å². The molecule has 0 aliphatic carbocycles. The van der Waals surface area contributed by atoms with Gasteiger partial charge in [0.15, 0.2) is 23.8 Å². The van der Waals surface area contributed by atoms with Gasteiger partial charge in [0.05, 0.1) is 6.61 Å². The van der Waals surface area contributed by atoms with Crippen molar-refractivity contribution in [1.82, 2.24) is 0 Å². The van der Waals surface area contributed by atoms with Gasteiger partial charge in [0, 0.05) is 0 Å². The van der Waals surface area contributed by atoms with Gasteiger partial charge < -0.3 is 18.9 Å². The Morgan fingerprint density at radius 1 is 0.941 bits per heavy atom. The van der Waals surface area contributed by atoms with Crippen LogP contribution in [0.5, 0.6) is 0 Å². The van der Waals surface area contributed by atoms with E-state index in [9.17, 15) is 0 Å². The molecule has 3 saturated heterocycles. The lowest BCUT2D eigenvalue weighted by Crippen LogP contribution is -2.59. The van der Waals surface area contributed by atoms with Crippen molar-refractivity contribution in [2.45, 2.75) is 63.7 Å². The van der Waals surface area contributed by atoms with Crippen LogP contribution in [-0.4, -0.2) is 42.6 Å². The van der Waals surface area contributed by atoms with Crippen LogP contribution < -0.4 is 0 Å². The lowest BCUT2D eigenvalue weighted by Gasteiger charge is -2.42. The van der Waals surface area contributed by atoms with Gasteiger partial charge in [-0.15, -0.1) is 0 Å². The molecule has 3 aliphatic heterocycles. The van der Waals surface area contributed by atoms with Crippen molar-refractivity contribution < 1.29 is 23.7 Å². The van der Waals surface area contributed by atoms with Crippen LogP contribution in [0.15, 0.2) is 0 Å². The molecule has 2 unspecified atom stereocenters. The Balaban J connectivity index is 1.80. The van der Waals surface area contributed by atoms with E-state index in [-0.39, 0.29) is 24.4 Å². The Labute approximate surface area is 101 Å². The molecule has 0 aromatic heterocycles. The zero-order valence-electron chi connectivity index (χ0n) is 10.6. The maximum absolute atomic E-state index is 5.91. The van der Waals surface area contributed by atoms with Crippen molar-refractivity contribution in [3.63, 3.8) is 0 Å². The van der Waals surface area contributed by atoms with Gasteiger partial charge in [-0.3, -0.25) is 0 Å². The topological polar surface area (TPSA) is 46.2 Å². The van der Waals surface area contributed by atoms with Crippen LogP contribution >= 0.6 is 0 Å². The molecule has 0 bridgehead atoms. The number of ether oxygens (including phenoxy) is 5. The first-order valence-electron chi connectivity index (χ1n) is 6.03. The van der Waals surface area contributed by atoms with Crippen molar-refractivity contribution >= 4 is 0 Å². The molecule has 0 N–H and O–H groups in total. The van der Waals surface area contributed by atoms with Crippen LogP contribution in [0.25, 0.3) is 0 Å². The predicted octanol–water partition coefficient (Wildman–Crippen LogP) is 1.22. The van der Waals surface area contributed by atoms with E-state index in [0.29, 0.717) is 6.61 Å². The van der Waals surface area contributed by atoms with Crippen LogP contribution in [0.2, 0.25) is 0 Å². The number of fused-ring (bicyclic) bond motifs is 3. The van der Waals surface area contributed by atoms with Gasteiger partial charge in [0.25, 0.3) is 12.7 Å². The first-order valence-corrected chi connectivity index (χ1v) is 6.03. The molecule has 5 heteroatoms. The van der Waals surface area contributed by atoms with Crippen molar-refractivity contribution in [2.24, 2.45) is 0 Å². The number of rotatable bonds is 0. The maximum Gasteiger partial charge on any atom is 0.262 e. The second-order valence-electron chi connectivity index (χ2n) is 5.67. The predicted molar refractivity (Wildman–Crippen MR) is 57.9 cm³/mol. The molecule has 3 rings (SSSR count). The molecular weight excluding hydrogens is 224 g/mol. The van der Waals surface area contributed by atoms with E-state index < -0.39 is 11.6 Å². The fourth-order valence-electron chi connectivity index (χ4n) is 2.57. The summed E-state index contributed by atoms with van der Waals surface area (Å²) in [6.07, 6.45) is -0.538. The molecular formula is C12H19O5+. The zero-order chi connectivity index (χ0) is 12.3. The third-order valence-electron chi connectivity index (χ3n) is 3.26. The smallest absolute Gasteiger partial charge is 0.262 e. The van der Waals surface area contributed by atoms with Crippen molar-refractivity contribution in [2.75, 3.05) is 6.61 Å². The minimum absolute atomic E-state index is 0.109. The molecule has 0 aromatic carbocycles. The fourth-order valence-corrected chi connectivity index (χ4v) is 2.57. The third-order valence-corrected chi connectivity index (χ3v) is 3.26. The molecule has 3 heterocycles. The van der Waals surface area contributed by atoms with E-state index in [2.05, 4.69) is 0 Å². The Morgan fingerprint density at radius 2 is 1.65 bits per heavy atom. The van der Waals surface area contributed by atoms with Gasteiger partial charge >= 0.3 is 0 Å². The van der Waals surface area contributed by atoms with Crippen LogP contribution in [0.3, 0.4) is 0 Å². The monoisotopic (exact) mass is 243 g/mol. The minimum Gasteiger partial charge on any atom is -0.348 e. The lowest BCUT2D eigenvalue weighted by molar-refractivity contribution is -0.333. The SMILES string of the molecule is CC1(C)OCC2O[CH+][C@@H]3OC(C)(C)OC3[C@@H]2O1. The normalized spacial score (nSPS) is 46.8. The summed E-state index contributed by atoms with van der Waals surface area (Å²) in [6, 6.07) is 0. The molecule has 0 saturated carbocycles. The van der Waals surface area contributed by atoms with E-state index in [4.69, 9.17) is 23.7 Å². The zero-order valence-corrected chi connectivity index (χ0v) is 10.6. The molecule has 3 fully saturated rings. The Hall–Kier alpha value is -0.330. The third kappa shape index (κ3) is 2.06. The van der Waals surface area contributed by atoms with Gasteiger partial charge in [-0.05, 0) is 27.7 Å². The number of hydrogen-bond donors (Lipinski definition) is 0. The van der Waals surface area contributed by atoms with E-state index >= 15 is 0 Å². The Bertz CT molecular complexity index is 314. The highest BCUT2D eigenvalue weighted by atomic mass is 16.8. The van der Waals surface area contributed by atoms with Gasteiger partial charge in [-0.1, -0.05) is 0 Å². The van der Waals surface area contributed by atoms with Gasteiger partial charge in [0.1, 0.15) is 6.10 Å². The highest BCUT2D eigenvalue weighted by Crippen LogP contribution is 2.40. The van der Waals surface area contributed by atoms with E-state index in [1.807, 2.05) is 27.7 Å². The molecule has 0 amide bonds. The highest BCUT2D eigenvalue weighted by Gasteiger charge is 2.60. The van der Waals surface area contributed by atoms with Crippen molar-refractivity contribution in [3.8, 4) is 0 Å². The van der Waals surface area contributed by atoms with Gasteiger partial charge in [-0.25, -0.2) is 0 Å². The summed E-state index contributed by atoms with van der Waals surface area (Å²) in [5.41, 5.74) is 0. The van der Waals surface area contributed by atoms with E-state index in [0.717, 1.165) is 0 Å². The second-order valence-corrected chi connectivity index (χ2v) is 5.67. The number of hydrogen-bond acceptors (Lipinski definition) is 5. The Kier molecular flexibility index (Phi) is 2.48. The van der Waals surface area contributed by atoms with Gasteiger partial charge in [-0.2, -0.15) is 4.74 Å². The molecule has 0 aromatic rings. The molecule has 0 spiro atoms. The molecule has 0 radical (unpaired) electrons. The molecule has 4 atom stereocenters. The first kappa shape index (κ1) is 11.7. The van der Waals surface area contributed by atoms with Crippen LogP contribution in [0, 0.1) is 6.61 Å². The fraction of sp³-hybridized carbons (Fsp3) is 0.917. The minimum atomic E-state index is -0.595. The first-order chi connectivity index (χ1) is 7.86. The standard InChI is InChI=1S/C12H19O5/c1-11(2)14-6-7-9(16-11)10-8(5-13-7)15-12(3,4)17-10/h5,7-10H,6H2,1-4H3/q+1/t7?,8-,9+,10?/m0/s1. The van der Waals surface area contributed by atoms with Crippen LogP contribution in [0.4, 0.5) is 0 Å². The summed E-state index contributed by atoms with van der Waals surface area (Å²) >= 11 is 0. The molecule has 17 heavy (non-hydrogen) atoms. The van der Waals surface area contributed by atoms with Crippen molar-refractivity contribution in [1.29, 1.82) is 0 Å². The summed E-state index contributed by atoms with van der Waals surface area (Å²) in [7, 11) is 0. The largest absolute Gasteiger partial charge is 0.348 e.